The summed E-state index contributed by atoms with van der Waals surface area (Å²) in [4.78, 5) is 20.0. The van der Waals surface area contributed by atoms with Crippen LogP contribution in [-0.4, -0.2) is 20.4 Å². The summed E-state index contributed by atoms with van der Waals surface area (Å²) in [5, 5.41) is 2.97. The summed E-state index contributed by atoms with van der Waals surface area (Å²) in [6.07, 6.45) is 7.13. The second kappa shape index (κ2) is 8.97. The molecule has 4 rings (SSSR count). The molecule has 2 heterocycles. The Labute approximate surface area is 185 Å². The van der Waals surface area contributed by atoms with Crippen molar-refractivity contribution in [3.63, 3.8) is 0 Å². The number of ether oxygens (including phenoxy) is 1. The number of aryl methyl sites for hydroxylation is 2. The van der Waals surface area contributed by atoms with E-state index in [9.17, 15) is 4.79 Å². The molecule has 0 saturated heterocycles. The molecule has 4 aromatic rings. The van der Waals surface area contributed by atoms with Gasteiger partial charge in [-0.05, 0) is 73.6 Å². The molecule has 0 aliphatic heterocycles. The number of imidazole rings is 1. The molecule has 0 radical (unpaired) electrons. The van der Waals surface area contributed by atoms with Crippen LogP contribution in [0.4, 0.5) is 5.69 Å². The number of amides is 1. The molecule has 7 heteroatoms. The minimum absolute atomic E-state index is 0.181. The normalized spacial score (nSPS) is 10.6. The number of hydrogen-bond acceptors (Lipinski definition) is 4. The van der Waals surface area contributed by atoms with Crippen molar-refractivity contribution in [3.8, 4) is 11.4 Å². The highest BCUT2D eigenvalue weighted by Crippen LogP contribution is 2.26. The largest absolute Gasteiger partial charge is 0.488 e. The van der Waals surface area contributed by atoms with Crippen LogP contribution in [0.2, 0.25) is 0 Å². The summed E-state index contributed by atoms with van der Waals surface area (Å²) >= 11 is 5.27. The molecule has 156 valence electrons. The zero-order valence-electron chi connectivity index (χ0n) is 17.3. The third kappa shape index (κ3) is 4.73. The van der Waals surface area contributed by atoms with E-state index in [2.05, 4.69) is 15.3 Å². The number of rotatable bonds is 6. The van der Waals surface area contributed by atoms with Crippen molar-refractivity contribution in [3.05, 3.63) is 100 Å². The number of pyridine rings is 1. The van der Waals surface area contributed by atoms with Gasteiger partial charge in [-0.1, -0.05) is 12.1 Å². The van der Waals surface area contributed by atoms with Crippen molar-refractivity contribution >= 4 is 23.8 Å². The number of nitrogens with one attached hydrogen (secondary N) is 2. The highest BCUT2D eigenvalue weighted by Gasteiger charge is 2.13. The van der Waals surface area contributed by atoms with Gasteiger partial charge in [-0.15, -0.1) is 0 Å². The molecule has 0 aliphatic carbocycles. The molecule has 0 bridgehead atoms. The zero-order chi connectivity index (χ0) is 21.8. The van der Waals surface area contributed by atoms with Crippen molar-refractivity contribution in [2.45, 2.75) is 20.5 Å². The van der Waals surface area contributed by atoms with Gasteiger partial charge in [0.1, 0.15) is 12.4 Å². The number of anilines is 1. The van der Waals surface area contributed by atoms with Crippen LogP contribution in [0.15, 0.2) is 73.3 Å². The highest BCUT2D eigenvalue weighted by molar-refractivity contribution is 7.71. The fourth-order valence-corrected chi connectivity index (χ4v) is 3.64. The van der Waals surface area contributed by atoms with Crippen LogP contribution >= 0.6 is 12.2 Å². The number of nitrogens with zero attached hydrogens (tertiary/aromatic N) is 2. The molecule has 0 saturated carbocycles. The minimum atomic E-state index is -0.181. The predicted octanol–water partition coefficient (Wildman–Crippen LogP) is 5.38. The lowest BCUT2D eigenvalue weighted by Crippen LogP contribution is -2.13. The first-order valence-corrected chi connectivity index (χ1v) is 10.2. The molecule has 1 amide bonds. The summed E-state index contributed by atoms with van der Waals surface area (Å²) in [7, 11) is 0. The molecule has 0 spiro atoms. The van der Waals surface area contributed by atoms with E-state index in [4.69, 9.17) is 17.0 Å². The monoisotopic (exact) mass is 430 g/mol. The molecule has 2 N–H and O–H groups in total. The first kappa shape index (κ1) is 20.6. The minimum Gasteiger partial charge on any atom is -0.488 e. The lowest BCUT2D eigenvalue weighted by atomic mass is 10.0. The standard InChI is InChI=1S/C24H22N4O2S/c1-16-11-19(12-17(2)22(16)30-15-18-5-4-8-25-14-18)23(29)27-20-6-3-7-21(13-20)28-10-9-26-24(28)31/h3-14H,15H2,1-2H3,(H,26,31)(H,27,29). The van der Waals surface area contributed by atoms with E-state index in [1.165, 1.54) is 0 Å². The Balaban J connectivity index is 1.50. The van der Waals surface area contributed by atoms with Gasteiger partial charge in [0.15, 0.2) is 4.77 Å². The van der Waals surface area contributed by atoms with Crippen LogP contribution in [0.1, 0.15) is 27.0 Å². The molecule has 0 fully saturated rings. The topological polar surface area (TPSA) is 71.9 Å². The molecular formula is C24H22N4O2S. The van der Waals surface area contributed by atoms with Gasteiger partial charge in [-0.2, -0.15) is 0 Å². The number of carbonyl (C=O) groups is 1. The number of carbonyl (C=O) groups excluding carboxylic acids is 1. The van der Waals surface area contributed by atoms with E-state index in [0.717, 1.165) is 28.1 Å². The van der Waals surface area contributed by atoms with E-state index in [0.29, 0.717) is 22.6 Å². The van der Waals surface area contributed by atoms with Crippen molar-refractivity contribution < 1.29 is 9.53 Å². The predicted molar refractivity (Wildman–Crippen MR) is 123 cm³/mol. The quantitative estimate of drug-likeness (QED) is 0.403. The van der Waals surface area contributed by atoms with Crippen LogP contribution in [0.5, 0.6) is 5.75 Å². The SMILES string of the molecule is Cc1cc(C(=O)Nc2cccc(-n3cc[nH]c3=S)c2)cc(C)c1OCc1cccnc1. The van der Waals surface area contributed by atoms with Gasteiger partial charge >= 0.3 is 0 Å². The number of hydrogen-bond donors (Lipinski definition) is 2. The molecular weight excluding hydrogens is 408 g/mol. The fraction of sp³-hybridized carbons (Fsp3) is 0.125. The summed E-state index contributed by atoms with van der Waals surface area (Å²) in [6.45, 7) is 4.31. The molecule has 0 aliphatic rings. The van der Waals surface area contributed by atoms with Crippen LogP contribution in [0.3, 0.4) is 0 Å². The van der Waals surface area contributed by atoms with Crippen LogP contribution in [0, 0.1) is 18.6 Å². The van der Waals surface area contributed by atoms with Crippen molar-refractivity contribution in [2.24, 2.45) is 0 Å². The van der Waals surface area contributed by atoms with Gasteiger partial charge in [0, 0.05) is 47.3 Å². The molecule has 0 atom stereocenters. The summed E-state index contributed by atoms with van der Waals surface area (Å²) in [5.74, 6) is 0.601. The second-order valence-corrected chi connectivity index (χ2v) is 7.62. The van der Waals surface area contributed by atoms with E-state index in [-0.39, 0.29) is 5.91 Å². The Morgan fingerprint density at radius 3 is 2.65 bits per heavy atom. The lowest BCUT2D eigenvalue weighted by Gasteiger charge is -2.14. The summed E-state index contributed by atoms with van der Waals surface area (Å²) < 4.78 is 8.42. The van der Waals surface area contributed by atoms with E-state index < -0.39 is 0 Å². The smallest absolute Gasteiger partial charge is 0.255 e. The van der Waals surface area contributed by atoms with Gasteiger partial charge in [0.25, 0.3) is 5.91 Å². The summed E-state index contributed by atoms with van der Waals surface area (Å²) in [5.41, 5.74) is 4.94. The van der Waals surface area contributed by atoms with E-state index in [1.807, 2.05) is 73.1 Å². The van der Waals surface area contributed by atoms with Crippen molar-refractivity contribution in [2.75, 3.05) is 5.32 Å². The number of benzene rings is 2. The average Bonchev–Trinajstić information content (AvgIpc) is 3.20. The van der Waals surface area contributed by atoms with Gasteiger partial charge in [-0.25, -0.2) is 0 Å². The third-order valence-corrected chi connectivity index (χ3v) is 5.17. The Hall–Kier alpha value is -3.71. The van der Waals surface area contributed by atoms with Crippen LogP contribution < -0.4 is 10.1 Å². The number of aromatic nitrogens is 3. The molecule has 2 aromatic carbocycles. The maximum atomic E-state index is 12.9. The maximum Gasteiger partial charge on any atom is 0.255 e. The van der Waals surface area contributed by atoms with Crippen molar-refractivity contribution in [1.29, 1.82) is 0 Å². The highest BCUT2D eigenvalue weighted by atomic mass is 32.1. The maximum absolute atomic E-state index is 12.9. The second-order valence-electron chi connectivity index (χ2n) is 7.23. The Morgan fingerprint density at radius 1 is 1.16 bits per heavy atom. The zero-order valence-corrected chi connectivity index (χ0v) is 18.1. The molecule has 6 nitrogen and oxygen atoms in total. The Morgan fingerprint density at radius 2 is 1.97 bits per heavy atom. The Bertz CT molecular complexity index is 1250. The van der Waals surface area contributed by atoms with Gasteiger partial charge < -0.3 is 15.0 Å². The van der Waals surface area contributed by atoms with E-state index in [1.54, 1.807) is 18.6 Å². The molecule has 0 unspecified atom stereocenters. The third-order valence-electron chi connectivity index (χ3n) is 4.86. The molecule has 31 heavy (non-hydrogen) atoms. The summed E-state index contributed by atoms with van der Waals surface area (Å²) in [6, 6.07) is 15.1. The number of aromatic amines is 1. The first-order valence-electron chi connectivity index (χ1n) is 9.82. The average molecular weight is 431 g/mol. The van der Waals surface area contributed by atoms with Crippen molar-refractivity contribution in [1.82, 2.24) is 14.5 Å². The lowest BCUT2D eigenvalue weighted by molar-refractivity contribution is 0.102. The number of H-pyrrole nitrogens is 1. The van der Waals surface area contributed by atoms with Gasteiger partial charge in [0.2, 0.25) is 0 Å². The van der Waals surface area contributed by atoms with Crippen LogP contribution in [-0.2, 0) is 6.61 Å². The molecule has 2 aromatic heterocycles. The van der Waals surface area contributed by atoms with E-state index >= 15 is 0 Å². The van der Waals surface area contributed by atoms with Gasteiger partial charge in [-0.3, -0.25) is 14.3 Å². The fourth-order valence-electron chi connectivity index (χ4n) is 3.41. The van der Waals surface area contributed by atoms with Crippen LogP contribution in [0.25, 0.3) is 5.69 Å². The Kier molecular flexibility index (Phi) is 5.95. The first-order chi connectivity index (χ1) is 15.0. The van der Waals surface area contributed by atoms with Gasteiger partial charge in [0.05, 0.1) is 0 Å².